The molecule has 0 aliphatic carbocycles. The van der Waals surface area contributed by atoms with Crippen molar-refractivity contribution in [3.63, 3.8) is 0 Å². The topological polar surface area (TPSA) is 40.7 Å². The number of rotatable bonds is 5. The number of nitrogens with zero attached hydrogens (tertiary/aromatic N) is 1. The lowest BCUT2D eigenvalue weighted by molar-refractivity contribution is 0.544. The summed E-state index contributed by atoms with van der Waals surface area (Å²) >= 11 is 0. The van der Waals surface area contributed by atoms with Crippen molar-refractivity contribution in [2.75, 3.05) is 6.54 Å². The minimum Gasteiger partial charge on any atom is -0.341 e. The molecule has 19 heavy (non-hydrogen) atoms. The number of aromatic amines is 1. The van der Waals surface area contributed by atoms with Crippen molar-refractivity contribution in [2.24, 2.45) is 5.92 Å². The summed E-state index contributed by atoms with van der Waals surface area (Å²) in [7, 11) is 0. The standard InChI is InChI=1S/C14H17F2N3/c1-9(2)6-17-8-14-18-7-13(19-14)10-3-11(15)5-12(16)4-10/h3-5,7,9,17H,6,8H2,1-2H3,(H,18,19). The maximum Gasteiger partial charge on any atom is 0.126 e. The van der Waals surface area contributed by atoms with Gasteiger partial charge in [0.1, 0.15) is 17.5 Å². The second-order valence-corrected chi connectivity index (χ2v) is 4.93. The van der Waals surface area contributed by atoms with Crippen LogP contribution in [0.4, 0.5) is 8.78 Å². The summed E-state index contributed by atoms with van der Waals surface area (Å²) in [6, 6.07) is 3.41. The van der Waals surface area contributed by atoms with Crippen molar-refractivity contribution in [3.8, 4) is 11.3 Å². The average Bonchev–Trinajstić information content (AvgIpc) is 2.76. The summed E-state index contributed by atoms with van der Waals surface area (Å²) < 4.78 is 26.3. The summed E-state index contributed by atoms with van der Waals surface area (Å²) in [6.45, 7) is 5.74. The normalized spacial score (nSPS) is 11.2. The smallest absolute Gasteiger partial charge is 0.126 e. The van der Waals surface area contributed by atoms with E-state index in [-0.39, 0.29) is 0 Å². The molecule has 0 spiro atoms. The first-order chi connectivity index (χ1) is 9.04. The molecule has 0 unspecified atom stereocenters. The van der Waals surface area contributed by atoms with E-state index in [1.54, 1.807) is 6.20 Å². The lowest BCUT2D eigenvalue weighted by Crippen LogP contribution is -2.19. The molecule has 0 atom stereocenters. The molecule has 0 radical (unpaired) electrons. The first kappa shape index (κ1) is 13.7. The molecule has 2 N–H and O–H groups in total. The Bertz CT molecular complexity index is 529. The van der Waals surface area contributed by atoms with Crippen LogP contribution in [0.2, 0.25) is 0 Å². The van der Waals surface area contributed by atoms with E-state index in [4.69, 9.17) is 0 Å². The molecule has 3 nitrogen and oxygen atoms in total. The van der Waals surface area contributed by atoms with Gasteiger partial charge >= 0.3 is 0 Å². The Morgan fingerprint density at radius 2 is 1.89 bits per heavy atom. The molecule has 0 bridgehead atoms. The van der Waals surface area contributed by atoms with Crippen molar-refractivity contribution in [3.05, 3.63) is 41.9 Å². The van der Waals surface area contributed by atoms with E-state index in [1.807, 2.05) is 0 Å². The Kier molecular flexibility index (Phi) is 4.27. The molecule has 102 valence electrons. The Hall–Kier alpha value is -1.75. The van der Waals surface area contributed by atoms with E-state index in [0.29, 0.717) is 23.7 Å². The highest BCUT2D eigenvalue weighted by Crippen LogP contribution is 2.19. The average molecular weight is 265 g/mol. The van der Waals surface area contributed by atoms with E-state index in [0.717, 1.165) is 18.4 Å². The first-order valence-electron chi connectivity index (χ1n) is 6.25. The van der Waals surface area contributed by atoms with Crippen molar-refractivity contribution >= 4 is 0 Å². The third-order valence-electron chi connectivity index (χ3n) is 2.65. The highest BCUT2D eigenvalue weighted by atomic mass is 19.1. The van der Waals surface area contributed by atoms with Crippen LogP contribution in [0.1, 0.15) is 19.7 Å². The monoisotopic (exact) mass is 265 g/mol. The number of hydrogen-bond acceptors (Lipinski definition) is 2. The van der Waals surface area contributed by atoms with E-state index < -0.39 is 11.6 Å². The van der Waals surface area contributed by atoms with Crippen molar-refractivity contribution in [1.29, 1.82) is 0 Å². The van der Waals surface area contributed by atoms with Crippen molar-refractivity contribution < 1.29 is 8.78 Å². The maximum absolute atomic E-state index is 13.1. The van der Waals surface area contributed by atoms with Crippen LogP contribution in [-0.4, -0.2) is 16.5 Å². The van der Waals surface area contributed by atoms with Crippen LogP contribution < -0.4 is 5.32 Å². The molecule has 1 heterocycles. The molecule has 0 saturated heterocycles. The fourth-order valence-electron chi connectivity index (χ4n) is 1.79. The second kappa shape index (κ2) is 5.93. The van der Waals surface area contributed by atoms with E-state index in [2.05, 4.69) is 29.1 Å². The number of hydrogen-bond donors (Lipinski definition) is 2. The molecule has 2 aromatic rings. The lowest BCUT2D eigenvalue weighted by atomic mass is 10.1. The van der Waals surface area contributed by atoms with Crippen molar-refractivity contribution in [2.45, 2.75) is 20.4 Å². The van der Waals surface area contributed by atoms with Crippen LogP contribution in [0, 0.1) is 17.6 Å². The minimum atomic E-state index is -0.593. The molecule has 1 aromatic carbocycles. The fourth-order valence-corrected chi connectivity index (χ4v) is 1.79. The number of imidazole rings is 1. The number of aromatic nitrogens is 2. The van der Waals surface area contributed by atoms with Gasteiger partial charge in [-0.3, -0.25) is 0 Å². The van der Waals surface area contributed by atoms with Gasteiger partial charge in [-0.15, -0.1) is 0 Å². The van der Waals surface area contributed by atoms with Gasteiger partial charge in [-0.25, -0.2) is 13.8 Å². The Balaban J connectivity index is 2.07. The molecule has 0 amide bonds. The van der Waals surface area contributed by atoms with Gasteiger partial charge in [0.25, 0.3) is 0 Å². The van der Waals surface area contributed by atoms with Crippen LogP contribution in [0.3, 0.4) is 0 Å². The summed E-state index contributed by atoms with van der Waals surface area (Å²) in [4.78, 5) is 7.24. The van der Waals surface area contributed by atoms with Gasteiger partial charge < -0.3 is 10.3 Å². The summed E-state index contributed by atoms with van der Waals surface area (Å²) in [5.41, 5.74) is 1.07. The van der Waals surface area contributed by atoms with Gasteiger partial charge in [-0.1, -0.05) is 13.8 Å². The minimum absolute atomic E-state index is 0.458. The Morgan fingerprint density at radius 1 is 1.21 bits per heavy atom. The van der Waals surface area contributed by atoms with Crippen LogP contribution >= 0.6 is 0 Å². The third kappa shape index (κ3) is 3.86. The number of benzene rings is 1. The summed E-state index contributed by atoms with van der Waals surface area (Å²) in [5, 5.41) is 3.25. The largest absolute Gasteiger partial charge is 0.341 e. The van der Waals surface area contributed by atoms with Crippen LogP contribution in [-0.2, 0) is 6.54 Å². The van der Waals surface area contributed by atoms with Gasteiger partial charge in [0.05, 0.1) is 18.4 Å². The van der Waals surface area contributed by atoms with E-state index in [1.165, 1.54) is 12.1 Å². The first-order valence-corrected chi connectivity index (χ1v) is 6.25. The van der Waals surface area contributed by atoms with Gasteiger partial charge in [-0.2, -0.15) is 0 Å². The summed E-state index contributed by atoms with van der Waals surface area (Å²) in [6.07, 6.45) is 1.58. The molecule has 0 saturated carbocycles. The third-order valence-corrected chi connectivity index (χ3v) is 2.65. The zero-order chi connectivity index (χ0) is 13.8. The molecular weight excluding hydrogens is 248 g/mol. The van der Waals surface area contributed by atoms with Gasteiger partial charge in [-0.05, 0) is 24.6 Å². The summed E-state index contributed by atoms with van der Waals surface area (Å²) in [5.74, 6) is 0.125. The van der Waals surface area contributed by atoms with Gasteiger partial charge in [0.15, 0.2) is 0 Å². The van der Waals surface area contributed by atoms with E-state index >= 15 is 0 Å². The molecule has 1 aromatic heterocycles. The molecule has 0 aliphatic heterocycles. The molecule has 0 fully saturated rings. The zero-order valence-corrected chi connectivity index (χ0v) is 11.0. The lowest BCUT2D eigenvalue weighted by Gasteiger charge is -2.05. The number of nitrogens with one attached hydrogen (secondary N) is 2. The molecule has 5 heteroatoms. The van der Waals surface area contributed by atoms with Crippen LogP contribution in [0.25, 0.3) is 11.3 Å². The maximum atomic E-state index is 13.1. The predicted octanol–water partition coefficient (Wildman–Crippen LogP) is 3.10. The van der Waals surface area contributed by atoms with Crippen LogP contribution in [0.15, 0.2) is 24.4 Å². The highest BCUT2D eigenvalue weighted by molar-refractivity contribution is 5.58. The SMILES string of the molecule is CC(C)CNCc1ncc(-c2cc(F)cc(F)c2)[nH]1. The molecule has 0 aliphatic rings. The number of halogens is 2. The zero-order valence-electron chi connectivity index (χ0n) is 11.0. The second-order valence-electron chi connectivity index (χ2n) is 4.93. The predicted molar refractivity (Wildman–Crippen MR) is 70.5 cm³/mol. The molecular formula is C14H17F2N3. The van der Waals surface area contributed by atoms with Crippen LogP contribution in [0.5, 0.6) is 0 Å². The van der Waals surface area contributed by atoms with Gasteiger partial charge in [0.2, 0.25) is 0 Å². The van der Waals surface area contributed by atoms with Crippen molar-refractivity contribution in [1.82, 2.24) is 15.3 Å². The number of H-pyrrole nitrogens is 1. The van der Waals surface area contributed by atoms with Gasteiger partial charge in [0, 0.05) is 11.6 Å². The molecule has 2 rings (SSSR count). The fraction of sp³-hybridized carbons (Fsp3) is 0.357. The quantitative estimate of drug-likeness (QED) is 0.872. The Morgan fingerprint density at radius 3 is 2.53 bits per heavy atom. The highest BCUT2D eigenvalue weighted by Gasteiger charge is 2.06. The van der Waals surface area contributed by atoms with E-state index in [9.17, 15) is 8.78 Å². The Labute approximate surface area is 111 Å².